The normalized spacial score (nSPS) is 13.5. The first-order chi connectivity index (χ1) is 10.4. The molecule has 0 aliphatic heterocycles. The highest BCUT2D eigenvalue weighted by molar-refractivity contribution is 5.37. The fraction of sp³-hybridized carbons (Fsp3) is 0.368. The van der Waals surface area contributed by atoms with Gasteiger partial charge < -0.3 is 9.47 Å². The number of para-hydroxylation sites is 1. The van der Waals surface area contributed by atoms with E-state index in [1.807, 2.05) is 30.3 Å². The van der Waals surface area contributed by atoms with Crippen LogP contribution in [0.15, 0.2) is 48.5 Å². The summed E-state index contributed by atoms with van der Waals surface area (Å²) in [5.74, 6) is 1.92. The molecule has 2 aromatic carbocycles. The van der Waals surface area contributed by atoms with E-state index in [2.05, 4.69) is 18.2 Å². The van der Waals surface area contributed by atoms with E-state index in [9.17, 15) is 0 Å². The summed E-state index contributed by atoms with van der Waals surface area (Å²) in [6.45, 7) is 1.39. The topological polar surface area (TPSA) is 18.5 Å². The number of hydrogen-bond donors (Lipinski definition) is 0. The summed E-state index contributed by atoms with van der Waals surface area (Å²) >= 11 is 0. The molecular weight excluding hydrogens is 260 g/mol. The van der Waals surface area contributed by atoms with Crippen LogP contribution in [0.25, 0.3) is 0 Å². The van der Waals surface area contributed by atoms with E-state index in [1.54, 1.807) is 0 Å². The fourth-order valence-corrected chi connectivity index (χ4v) is 2.76. The lowest BCUT2D eigenvalue weighted by Gasteiger charge is -2.16. The molecule has 0 heterocycles. The lowest BCUT2D eigenvalue weighted by molar-refractivity contribution is 0.247. The largest absolute Gasteiger partial charge is 0.493 e. The van der Waals surface area contributed by atoms with Crippen molar-refractivity contribution >= 4 is 0 Å². The van der Waals surface area contributed by atoms with Crippen LogP contribution in [0.2, 0.25) is 0 Å². The van der Waals surface area contributed by atoms with Crippen molar-refractivity contribution in [2.45, 2.75) is 32.1 Å². The second-order valence-electron chi connectivity index (χ2n) is 5.50. The molecule has 1 aliphatic carbocycles. The van der Waals surface area contributed by atoms with E-state index in [-0.39, 0.29) is 0 Å². The molecule has 0 unspecified atom stereocenters. The predicted molar refractivity (Wildman–Crippen MR) is 85.1 cm³/mol. The Labute approximate surface area is 126 Å². The Morgan fingerprint density at radius 2 is 1.43 bits per heavy atom. The molecule has 0 aromatic heterocycles. The van der Waals surface area contributed by atoms with Crippen LogP contribution >= 0.6 is 0 Å². The van der Waals surface area contributed by atoms with Crippen LogP contribution in [-0.2, 0) is 12.8 Å². The molecule has 0 spiro atoms. The van der Waals surface area contributed by atoms with Gasteiger partial charge in [0.15, 0.2) is 0 Å². The molecule has 1 aliphatic rings. The summed E-state index contributed by atoms with van der Waals surface area (Å²) in [5.41, 5.74) is 2.97. The zero-order chi connectivity index (χ0) is 14.3. The number of fused-ring (bicyclic) bond motifs is 1. The predicted octanol–water partition coefficient (Wildman–Crippen LogP) is 4.41. The highest BCUT2D eigenvalue weighted by atomic mass is 16.5. The lowest BCUT2D eigenvalue weighted by Crippen LogP contribution is -2.06. The highest BCUT2D eigenvalue weighted by Crippen LogP contribution is 2.25. The van der Waals surface area contributed by atoms with Gasteiger partial charge in [0, 0.05) is 6.42 Å². The monoisotopic (exact) mass is 282 g/mol. The summed E-state index contributed by atoms with van der Waals surface area (Å²) in [6.07, 6.45) is 5.95. The summed E-state index contributed by atoms with van der Waals surface area (Å²) in [4.78, 5) is 0. The maximum Gasteiger partial charge on any atom is 0.119 e. The Hall–Kier alpha value is -1.96. The molecule has 0 bridgehead atoms. The van der Waals surface area contributed by atoms with E-state index in [0.717, 1.165) is 17.9 Å². The zero-order valence-corrected chi connectivity index (χ0v) is 12.4. The van der Waals surface area contributed by atoms with Gasteiger partial charge in [0.2, 0.25) is 0 Å². The molecule has 2 nitrogen and oxygen atoms in total. The Morgan fingerprint density at radius 3 is 2.24 bits per heavy atom. The van der Waals surface area contributed by atoms with Gasteiger partial charge in [0.25, 0.3) is 0 Å². The maximum atomic E-state index is 5.83. The van der Waals surface area contributed by atoms with E-state index in [1.165, 1.54) is 36.8 Å². The molecule has 3 rings (SSSR count). The van der Waals surface area contributed by atoms with E-state index in [4.69, 9.17) is 9.47 Å². The van der Waals surface area contributed by atoms with Crippen molar-refractivity contribution in [3.63, 3.8) is 0 Å². The summed E-state index contributed by atoms with van der Waals surface area (Å²) < 4.78 is 11.5. The zero-order valence-electron chi connectivity index (χ0n) is 12.4. The molecule has 21 heavy (non-hydrogen) atoms. The first-order valence-electron chi connectivity index (χ1n) is 7.84. The number of rotatable bonds is 6. The van der Waals surface area contributed by atoms with Crippen LogP contribution < -0.4 is 9.47 Å². The first-order valence-corrected chi connectivity index (χ1v) is 7.84. The number of benzene rings is 2. The highest BCUT2D eigenvalue weighted by Gasteiger charge is 2.09. The van der Waals surface area contributed by atoms with Gasteiger partial charge in [0.1, 0.15) is 11.5 Å². The standard InChI is InChI=1S/C19H22O2/c1-2-9-18(10-3-1)20-13-6-14-21-19-12-11-16-7-4-5-8-17(16)15-19/h1-3,9-12,15H,4-8,13-14H2. The third kappa shape index (κ3) is 4.01. The van der Waals surface area contributed by atoms with Crippen LogP contribution in [-0.4, -0.2) is 13.2 Å². The van der Waals surface area contributed by atoms with Gasteiger partial charge in [-0.1, -0.05) is 24.3 Å². The van der Waals surface area contributed by atoms with Crippen LogP contribution in [0.5, 0.6) is 11.5 Å². The maximum absolute atomic E-state index is 5.83. The Bertz CT molecular complexity index is 563. The second kappa shape index (κ2) is 7.16. The van der Waals surface area contributed by atoms with Crippen LogP contribution in [0.3, 0.4) is 0 Å². The smallest absolute Gasteiger partial charge is 0.119 e. The number of ether oxygens (including phenoxy) is 2. The Kier molecular flexibility index (Phi) is 4.78. The average Bonchev–Trinajstić information content (AvgIpc) is 2.55. The molecule has 0 saturated carbocycles. The third-order valence-electron chi connectivity index (χ3n) is 3.89. The van der Waals surface area contributed by atoms with Crippen molar-refractivity contribution in [2.24, 2.45) is 0 Å². The molecule has 0 fully saturated rings. The molecule has 0 N–H and O–H groups in total. The van der Waals surface area contributed by atoms with Crippen molar-refractivity contribution in [3.8, 4) is 11.5 Å². The van der Waals surface area contributed by atoms with Crippen LogP contribution in [0.1, 0.15) is 30.4 Å². The molecule has 0 atom stereocenters. The van der Waals surface area contributed by atoms with Crippen LogP contribution in [0, 0.1) is 0 Å². The first kappa shape index (κ1) is 14.0. The molecule has 0 amide bonds. The van der Waals surface area contributed by atoms with Gasteiger partial charge in [0.05, 0.1) is 13.2 Å². The SMILES string of the molecule is c1ccc(OCCCOc2ccc3c(c2)CCCC3)cc1. The van der Waals surface area contributed by atoms with Gasteiger partial charge >= 0.3 is 0 Å². The molecule has 110 valence electrons. The number of aryl methyl sites for hydroxylation is 2. The molecule has 2 aromatic rings. The fourth-order valence-electron chi connectivity index (χ4n) is 2.76. The minimum absolute atomic E-state index is 0.689. The average molecular weight is 282 g/mol. The van der Waals surface area contributed by atoms with E-state index < -0.39 is 0 Å². The van der Waals surface area contributed by atoms with E-state index in [0.29, 0.717) is 13.2 Å². The Morgan fingerprint density at radius 1 is 0.714 bits per heavy atom. The van der Waals surface area contributed by atoms with Gasteiger partial charge in [-0.25, -0.2) is 0 Å². The van der Waals surface area contributed by atoms with Crippen molar-refractivity contribution in [3.05, 3.63) is 59.7 Å². The molecule has 2 heteroatoms. The summed E-state index contributed by atoms with van der Waals surface area (Å²) in [5, 5.41) is 0. The summed E-state index contributed by atoms with van der Waals surface area (Å²) in [7, 11) is 0. The number of hydrogen-bond acceptors (Lipinski definition) is 2. The molecule has 0 radical (unpaired) electrons. The van der Waals surface area contributed by atoms with Gasteiger partial charge in [-0.3, -0.25) is 0 Å². The Balaban J connectivity index is 1.41. The van der Waals surface area contributed by atoms with Crippen molar-refractivity contribution < 1.29 is 9.47 Å². The minimum atomic E-state index is 0.689. The van der Waals surface area contributed by atoms with Gasteiger partial charge in [-0.05, 0) is 61.1 Å². The second-order valence-corrected chi connectivity index (χ2v) is 5.50. The van der Waals surface area contributed by atoms with Crippen molar-refractivity contribution in [1.82, 2.24) is 0 Å². The third-order valence-corrected chi connectivity index (χ3v) is 3.89. The lowest BCUT2D eigenvalue weighted by atomic mass is 9.92. The van der Waals surface area contributed by atoms with Crippen LogP contribution in [0.4, 0.5) is 0 Å². The van der Waals surface area contributed by atoms with E-state index >= 15 is 0 Å². The molecular formula is C19H22O2. The quantitative estimate of drug-likeness (QED) is 0.730. The molecule has 0 saturated heterocycles. The van der Waals surface area contributed by atoms with Crippen molar-refractivity contribution in [1.29, 1.82) is 0 Å². The van der Waals surface area contributed by atoms with Crippen molar-refractivity contribution in [2.75, 3.05) is 13.2 Å². The van der Waals surface area contributed by atoms with Gasteiger partial charge in [-0.15, -0.1) is 0 Å². The summed E-state index contributed by atoms with van der Waals surface area (Å²) in [6, 6.07) is 16.5. The van der Waals surface area contributed by atoms with Gasteiger partial charge in [-0.2, -0.15) is 0 Å². The minimum Gasteiger partial charge on any atom is -0.493 e.